The van der Waals surface area contributed by atoms with Crippen LogP contribution in [0.3, 0.4) is 0 Å². The van der Waals surface area contributed by atoms with Crippen molar-refractivity contribution < 1.29 is 29.3 Å². The van der Waals surface area contributed by atoms with Gasteiger partial charge in [0.05, 0.1) is 0 Å². The van der Waals surface area contributed by atoms with Gasteiger partial charge in [-0.05, 0) is 0 Å². The Morgan fingerprint density at radius 2 is 2.34 bits per heavy atom. The first-order valence-corrected chi connectivity index (χ1v) is 11.4. The van der Waals surface area contributed by atoms with Crippen LogP contribution in [-0.2, 0) is 19.4 Å². The number of alkyl halides is 1. The predicted octanol–water partition coefficient (Wildman–Crippen LogP) is -2.38. The van der Waals surface area contributed by atoms with E-state index in [0.717, 1.165) is 19.4 Å². The third kappa shape index (κ3) is 2.44. The molecule has 156 valence electrons. The number of fused-ring (bicyclic) bond motifs is 3. The summed E-state index contributed by atoms with van der Waals surface area (Å²) >= 11 is 7.89. The molecule has 0 bridgehead atoms. The molecule has 9 N–H and O–H groups in total. The van der Waals surface area contributed by atoms with Crippen molar-refractivity contribution in [1.29, 1.82) is 0 Å². The second-order valence-electron chi connectivity index (χ2n) is 8.12. The molecule has 1 saturated carbocycles. The predicted molar refractivity (Wildman–Crippen MR) is 103 cm³/mol. The topological polar surface area (TPSA) is 160 Å². The second kappa shape index (κ2) is 6.60. The number of aliphatic hydroxyl groups excluding tert-OH is 1. The van der Waals surface area contributed by atoms with Gasteiger partial charge in [0.25, 0.3) is 0 Å². The maximum absolute atomic E-state index is 13.4. The Bertz CT molecular complexity index is 923. The van der Waals surface area contributed by atoms with Gasteiger partial charge in [0.2, 0.25) is 0 Å². The number of aromatic nitrogens is 1. The van der Waals surface area contributed by atoms with Crippen LogP contribution < -0.4 is 27.8 Å². The molecular weight excluding hydrogens is 568 g/mol. The van der Waals surface area contributed by atoms with Crippen molar-refractivity contribution in [2.45, 2.75) is 23.4 Å². The van der Waals surface area contributed by atoms with Gasteiger partial charge in [-0.1, -0.05) is 0 Å². The maximum atomic E-state index is 13.4. The fourth-order valence-electron chi connectivity index (χ4n) is 6.05. The number of nitrogens with zero attached hydrogens (tertiary/aromatic N) is 3. The zero-order valence-corrected chi connectivity index (χ0v) is 19.1. The molecule has 8 atom stereocenters. The van der Waals surface area contributed by atoms with Gasteiger partial charge in [-0.3, -0.25) is 0 Å². The van der Waals surface area contributed by atoms with Crippen LogP contribution in [0, 0.1) is 23.7 Å². The van der Waals surface area contributed by atoms with Crippen molar-refractivity contribution in [3.05, 3.63) is 24.0 Å². The van der Waals surface area contributed by atoms with Crippen LogP contribution >= 0.6 is 11.6 Å². The Hall–Kier alpha value is -1.29. The van der Waals surface area contributed by atoms with Crippen molar-refractivity contribution in [1.82, 2.24) is 20.1 Å². The monoisotopic (exact) mass is 590 g/mol. The number of hydrogen-bond acceptors (Lipinski definition) is 8. The molecule has 29 heavy (non-hydrogen) atoms. The fraction of sp³-hybridized carbons (Fsp3) is 0.588. The second-order valence-corrected chi connectivity index (χ2v) is 10.2. The van der Waals surface area contributed by atoms with Crippen LogP contribution in [0.5, 0.6) is 0 Å². The molecule has 3 unspecified atom stereocenters. The molecule has 0 radical (unpaired) electrons. The standard InChI is InChI=1S/C17H23ClN8O2.W/c18-12-7(4-19)8-5-26-14(28)9-2-1-3-25(9)15-17(26,24-16(21)23-15)11(8)10(12)13(27)22-6-20;/h1-3,7-8,10-13,15,22,27H,4-5,19-20H2,(H3,21,23,24);/t7-,8+,10?,11?,12-,13+,15+,17?;/m0./s1. The summed E-state index contributed by atoms with van der Waals surface area (Å²) in [6.07, 6.45) is 0.426. The third-order valence-electron chi connectivity index (χ3n) is 6.97. The van der Waals surface area contributed by atoms with Gasteiger partial charge in [0.1, 0.15) is 0 Å². The van der Waals surface area contributed by atoms with Crippen molar-refractivity contribution in [3.8, 4) is 0 Å². The molecular formula is C17H23ClN8O2W. The first-order chi connectivity index (χ1) is 13.8. The van der Waals surface area contributed by atoms with Gasteiger partial charge in [-0.15, -0.1) is 0 Å². The minimum absolute atomic E-state index is 0.000895. The normalized spacial score (nSPS) is 40.6. The Labute approximate surface area is 183 Å². The van der Waals surface area contributed by atoms with Crippen molar-refractivity contribution >= 4 is 27.6 Å². The molecule has 5 rings (SSSR count). The summed E-state index contributed by atoms with van der Waals surface area (Å²) in [6, 6.07) is 3.62. The molecule has 1 aliphatic carbocycles. The number of amides is 1. The number of rotatable bonds is 4. The summed E-state index contributed by atoms with van der Waals surface area (Å²) in [5.41, 5.74) is 17.7. The molecule has 4 heterocycles. The van der Waals surface area contributed by atoms with Gasteiger partial charge in [-0.25, -0.2) is 0 Å². The Kier molecular flexibility index (Phi) is 4.48. The van der Waals surface area contributed by atoms with Gasteiger partial charge in [-0.2, -0.15) is 0 Å². The van der Waals surface area contributed by atoms with E-state index in [2.05, 4.69) is 15.6 Å². The summed E-state index contributed by atoms with van der Waals surface area (Å²) in [5.74, 6) is -0.510. The van der Waals surface area contributed by atoms with E-state index < -0.39 is 24.0 Å². The number of nitrogens with two attached hydrogens (primary N) is 3. The van der Waals surface area contributed by atoms with Crippen LogP contribution in [0.2, 0.25) is 0 Å². The van der Waals surface area contributed by atoms with E-state index in [1.807, 2.05) is 21.7 Å². The van der Waals surface area contributed by atoms with E-state index in [-0.39, 0.29) is 35.0 Å². The van der Waals surface area contributed by atoms with Crippen LogP contribution in [0.15, 0.2) is 23.3 Å². The van der Waals surface area contributed by atoms with Crippen molar-refractivity contribution in [2.75, 3.05) is 13.1 Å². The number of carbonyl (C=O) groups is 1. The summed E-state index contributed by atoms with van der Waals surface area (Å²) in [5, 5.41) is 16.9. The number of hydrogen-bond donors (Lipinski definition) is 6. The molecule has 1 amide bonds. The number of aliphatic hydroxyl groups is 1. The van der Waals surface area contributed by atoms with E-state index >= 15 is 0 Å². The van der Waals surface area contributed by atoms with Gasteiger partial charge < -0.3 is 0 Å². The molecule has 1 aromatic rings. The van der Waals surface area contributed by atoms with Crippen molar-refractivity contribution in [3.63, 3.8) is 0 Å². The summed E-state index contributed by atoms with van der Waals surface area (Å²) in [6.45, 7) is 0.840. The molecule has 1 spiro atoms. The molecule has 12 heteroatoms. The number of halogens is 1. The average molecular weight is 591 g/mol. The molecule has 0 aromatic carbocycles. The summed E-state index contributed by atoms with van der Waals surface area (Å²) < 4.78 is 2.33. The van der Waals surface area contributed by atoms with E-state index in [4.69, 9.17) is 28.8 Å². The first-order valence-electron chi connectivity index (χ1n) is 9.49. The van der Waals surface area contributed by atoms with Crippen molar-refractivity contribution in [2.24, 2.45) is 45.9 Å². The summed E-state index contributed by atoms with van der Waals surface area (Å²) in [7, 11) is 0. The summed E-state index contributed by atoms with van der Waals surface area (Å²) in [4.78, 5) is 19.8. The molecule has 3 aliphatic heterocycles. The van der Waals surface area contributed by atoms with Crippen LogP contribution in [0.25, 0.3) is 0 Å². The third-order valence-corrected chi connectivity index (χ3v) is 8.01. The molecule has 1 aromatic heterocycles. The zero-order chi connectivity index (χ0) is 20.7. The fourth-order valence-corrected chi connectivity index (χ4v) is 7.06. The number of nitrogens with one attached hydrogen (secondary N) is 2. The molecule has 4 aliphatic rings. The quantitative estimate of drug-likeness (QED) is 0.169. The average Bonchev–Trinajstić information content (AvgIpc) is 3.37. The van der Waals surface area contributed by atoms with Gasteiger partial charge in [0, 0.05) is 0 Å². The van der Waals surface area contributed by atoms with E-state index in [1.54, 1.807) is 6.07 Å². The van der Waals surface area contributed by atoms with E-state index in [0.29, 0.717) is 22.9 Å². The zero-order valence-electron chi connectivity index (χ0n) is 15.4. The molecule has 1 saturated heterocycles. The van der Waals surface area contributed by atoms with E-state index in [1.165, 1.54) is 0 Å². The number of aliphatic imine (C=N–C) groups is 1. The SMILES string of the molecule is NC[C@@H]1[C@H](Cl)C([C@@H](O)N[C](N)=[W])C2[C@@H]1CN1C(=O)c3cccn3[C@H]3N=C(N)NC231. The number of guanidine groups is 1. The molecule has 2 fully saturated rings. The number of carbonyl (C=O) groups excluding carboxylic acids is 1. The van der Waals surface area contributed by atoms with E-state index in [9.17, 15) is 9.90 Å². The van der Waals surface area contributed by atoms with Crippen LogP contribution in [-0.4, -0.2) is 60.9 Å². The first kappa shape index (κ1) is 19.7. The van der Waals surface area contributed by atoms with Gasteiger partial charge in [0.15, 0.2) is 0 Å². The Morgan fingerprint density at radius 3 is 3.03 bits per heavy atom. The minimum atomic E-state index is -0.973. The Balaban J connectivity index is 1.66. The van der Waals surface area contributed by atoms with Gasteiger partial charge >= 0.3 is 183 Å². The van der Waals surface area contributed by atoms with Crippen LogP contribution in [0.4, 0.5) is 0 Å². The Morgan fingerprint density at radius 1 is 1.59 bits per heavy atom. The molecule has 10 nitrogen and oxygen atoms in total. The van der Waals surface area contributed by atoms with Crippen LogP contribution in [0.1, 0.15) is 16.7 Å².